The lowest BCUT2D eigenvalue weighted by Gasteiger charge is -2.12. The van der Waals surface area contributed by atoms with E-state index in [0.29, 0.717) is 6.54 Å². The highest BCUT2D eigenvalue weighted by molar-refractivity contribution is 5.87. The van der Waals surface area contributed by atoms with Crippen LogP contribution in [0.5, 0.6) is 5.75 Å². The molecule has 0 bridgehead atoms. The second kappa shape index (κ2) is 5.32. The van der Waals surface area contributed by atoms with E-state index in [-0.39, 0.29) is 11.3 Å². The maximum Gasteiger partial charge on any atom is 0.250 e. The molecular formula is C17H16N2O2. The minimum Gasteiger partial charge on any atom is -0.508 e. The second-order valence-corrected chi connectivity index (χ2v) is 5.00. The number of benzene rings is 2. The number of nitrogens with one attached hydrogen (secondary N) is 1. The average molecular weight is 280 g/mol. The first kappa shape index (κ1) is 13.2. The van der Waals surface area contributed by atoms with Gasteiger partial charge in [-0.05, 0) is 22.9 Å². The summed E-state index contributed by atoms with van der Waals surface area (Å²) in [7, 11) is 1.71. The fraction of sp³-hybridized carbons (Fsp3) is 0.118. The monoisotopic (exact) mass is 280 g/mol. The number of phenolic OH excluding ortho intramolecular Hbond substituents is 1. The highest BCUT2D eigenvalue weighted by atomic mass is 16.3. The van der Waals surface area contributed by atoms with Gasteiger partial charge in [0.2, 0.25) is 5.56 Å². The Morgan fingerprint density at radius 3 is 2.71 bits per heavy atom. The van der Waals surface area contributed by atoms with Crippen LogP contribution in [0.4, 0.5) is 5.69 Å². The van der Waals surface area contributed by atoms with Gasteiger partial charge in [0.25, 0.3) is 0 Å². The van der Waals surface area contributed by atoms with Gasteiger partial charge in [-0.2, -0.15) is 0 Å². The molecular weight excluding hydrogens is 264 g/mol. The van der Waals surface area contributed by atoms with E-state index >= 15 is 0 Å². The Morgan fingerprint density at radius 2 is 1.90 bits per heavy atom. The molecule has 0 aliphatic heterocycles. The molecule has 1 heterocycles. The summed E-state index contributed by atoms with van der Waals surface area (Å²) >= 11 is 0. The van der Waals surface area contributed by atoms with Crippen molar-refractivity contribution in [3.05, 3.63) is 70.6 Å². The summed E-state index contributed by atoms with van der Waals surface area (Å²) in [5.41, 5.74) is 1.64. The van der Waals surface area contributed by atoms with E-state index in [2.05, 4.69) is 5.32 Å². The Balaban J connectivity index is 1.93. The van der Waals surface area contributed by atoms with Crippen molar-refractivity contribution in [3.63, 3.8) is 0 Å². The number of nitrogens with zero attached hydrogens (tertiary/aromatic N) is 1. The third-order valence-electron chi connectivity index (χ3n) is 3.57. The first-order chi connectivity index (χ1) is 10.1. The van der Waals surface area contributed by atoms with Gasteiger partial charge in [0.05, 0.1) is 5.69 Å². The molecule has 0 spiro atoms. The van der Waals surface area contributed by atoms with E-state index in [0.717, 1.165) is 22.0 Å². The number of aromatic hydroxyl groups is 1. The zero-order valence-corrected chi connectivity index (χ0v) is 11.7. The number of fused-ring (bicyclic) bond motifs is 1. The van der Waals surface area contributed by atoms with Crippen molar-refractivity contribution in [2.75, 3.05) is 5.32 Å². The summed E-state index contributed by atoms with van der Waals surface area (Å²) in [6.07, 6.45) is 1.74. The molecule has 0 fully saturated rings. The van der Waals surface area contributed by atoms with Gasteiger partial charge in [-0.3, -0.25) is 4.79 Å². The summed E-state index contributed by atoms with van der Waals surface area (Å²) in [6, 6.07) is 14.8. The highest BCUT2D eigenvalue weighted by Gasteiger charge is 2.06. The summed E-state index contributed by atoms with van der Waals surface area (Å²) in [5, 5.41) is 15.4. The lowest BCUT2D eigenvalue weighted by molar-refractivity contribution is 0.470. The molecule has 4 heteroatoms. The fourth-order valence-corrected chi connectivity index (χ4v) is 2.40. The van der Waals surface area contributed by atoms with Crippen molar-refractivity contribution >= 4 is 16.5 Å². The predicted octanol–water partition coefficient (Wildman–Crippen LogP) is 2.86. The number of phenols is 1. The SMILES string of the molecule is Cn1cc(NCc2c(O)ccc3ccccc23)ccc1=O. The Bertz CT molecular complexity index is 853. The fourth-order valence-electron chi connectivity index (χ4n) is 2.40. The second-order valence-electron chi connectivity index (χ2n) is 5.00. The van der Waals surface area contributed by atoms with Crippen molar-refractivity contribution in [1.29, 1.82) is 0 Å². The van der Waals surface area contributed by atoms with E-state index in [4.69, 9.17) is 0 Å². The molecule has 0 aliphatic carbocycles. The number of hydrogen-bond donors (Lipinski definition) is 2. The molecule has 3 rings (SSSR count). The molecule has 0 amide bonds. The molecule has 3 aromatic rings. The van der Waals surface area contributed by atoms with Crippen molar-refractivity contribution in [2.24, 2.45) is 7.05 Å². The maximum absolute atomic E-state index is 11.4. The maximum atomic E-state index is 11.4. The highest BCUT2D eigenvalue weighted by Crippen LogP contribution is 2.27. The third-order valence-corrected chi connectivity index (χ3v) is 3.57. The zero-order chi connectivity index (χ0) is 14.8. The molecule has 0 atom stereocenters. The molecule has 0 aliphatic rings. The molecule has 2 aromatic carbocycles. The zero-order valence-electron chi connectivity index (χ0n) is 11.7. The van der Waals surface area contributed by atoms with Gasteiger partial charge in [0, 0.05) is 31.4 Å². The molecule has 1 aromatic heterocycles. The third kappa shape index (κ3) is 2.60. The summed E-state index contributed by atoms with van der Waals surface area (Å²) in [4.78, 5) is 11.4. The van der Waals surface area contributed by atoms with Crippen molar-refractivity contribution < 1.29 is 5.11 Å². The van der Waals surface area contributed by atoms with Crippen LogP contribution in [0.1, 0.15) is 5.56 Å². The van der Waals surface area contributed by atoms with Gasteiger partial charge in [0.15, 0.2) is 0 Å². The van der Waals surface area contributed by atoms with Crippen LogP contribution < -0.4 is 10.9 Å². The minimum absolute atomic E-state index is 0.0476. The molecule has 2 N–H and O–H groups in total. The Labute approximate surface area is 122 Å². The van der Waals surface area contributed by atoms with Gasteiger partial charge in [-0.15, -0.1) is 0 Å². The van der Waals surface area contributed by atoms with Crippen LogP contribution in [-0.2, 0) is 13.6 Å². The first-order valence-electron chi connectivity index (χ1n) is 6.75. The van der Waals surface area contributed by atoms with Crippen LogP contribution >= 0.6 is 0 Å². The molecule has 0 radical (unpaired) electrons. The summed E-state index contributed by atoms with van der Waals surface area (Å²) < 4.78 is 1.52. The smallest absolute Gasteiger partial charge is 0.250 e. The number of aromatic nitrogens is 1. The van der Waals surface area contributed by atoms with Crippen LogP contribution in [0.25, 0.3) is 10.8 Å². The van der Waals surface area contributed by atoms with E-state index in [1.807, 2.05) is 30.3 Å². The van der Waals surface area contributed by atoms with Gasteiger partial charge in [-0.1, -0.05) is 30.3 Å². The molecule has 4 nitrogen and oxygen atoms in total. The number of hydrogen-bond acceptors (Lipinski definition) is 3. The van der Waals surface area contributed by atoms with E-state index < -0.39 is 0 Å². The Morgan fingerprint density at radius 1 is 1.10 bits per heavy atom. The van der Waals surface area contributed by atoms with Gasteiger partial charge in [-0.25, -0.2) is 0 Å². The van der Waals surface area contributed by atoms with Crippen LogP contribution in [0.15, 0.2) is 59.5 Å². The van der Waals surface area contributed by atoms with Crippen LogP contribution in [0.2, 0.25) is 0 Å². The number of aryl methyl sites for hydroxylation is 1. The minimum atomic E-state index is -0.0476. The number of pyridine rings is 1. The number of rotatable bonds is 3. The first-order valence-corrected chi connectivity index (χ1v) is 6.75. The average Bonchev–Trinajstić information content (AvgIpc) is 2.50. The molecule has 21 heavy (non-hydrogen) atoms. The van der Waals surface area contributed by atoms with Crippen LogP contribution in [0, 0.1) is 0 Å². The van der Waals surface area contributed by atoms with Crippen molar-refractivity contribution in [1.82, 2.24) is 4.57 Å². The lowest BCUT2D eigenvalue weighted by Crippen LogP contribution is -2.15. The largest absolute Gasteiger partial charge is 0.508 e. The Hall–Kier alpha value is -2.75. The lowest BCUT2D eigenvalue weighted by atomic mass is 10.0. The van der Waals surface area contributed by atoms with Gasteiger partial charge < -0.3 is 15.0 Å². The summed E-state index contributed by atoms with van der Waals surface area (Å²) in [5.74, 6) is 0.269. The molecule has 106 valence electrons. The molecule has 0 unspecified atom stereocenters. The van der Waals surface area contributed by atoms with Gasteiger partial charge in [0.1, 0.15) is 5.75 Å². The molecule has 0 saturated carbocycles. The van der Waals surface area contributed by atoms with Crippen LogP contribution in [0.3, 0.4) is 0 Å². The quantitative estimate of drug-likeness (QED) is 0.775. The topological polar surface area (TPSA) is 54.3 Å². The van der Waals surface area contributed by atoms with Crippen LogP contribution in [-0.4, -0.2) is 9.67 Å². The summed E-state index contributed by atoms with van der Waals surface area (Å²) in [6.45, 7) is 0.491. The van der Waals surface area contributed by atoms with E-state index in [1.54, 1.807) is 25.4 Å². The van der Waals surface area contributed by atoms with Gasteiger partial charge >= 0.3 is 0 Å². The normalized spacial score (nSPS) is 10.7. The molecule has 0 saturated heterocycles. The Kier molecular flexibility index (Phi) is 3.36. The van der Waals surface area contributed by atoms with Crippen molar-refractivity contribution in [3.8, 4) is 5.75 Å². The number of anilines is 1. The van der Waals surface area contributed by atoms with Crippen molar-refractivity contribution in [2.45, 2.75) is 6.54 Å². The predicted molar refractivity (Wildman–Crippen MR) is 84.6 cm³/mol. The van der Waals surface area contributed by atoms with E-state index in [1.165, 1.54) is 10.6 Å². The standard InChI is InChI=1S/C17H16N2O2/c1-19-11-13(7-9-17(19)21)18-10-15-14-5-3-2-4-12(14)6-8-16(15)20/h2-9,11,18,20H,10H2,1H3. The van der Waals surface area contributed by atoms with E-state index in [9.17, 15) is 9.90 Å².